The Hall–Kier alpha value is -1.75. The van der Waals surface area contributed by atoms with Crippen molar-refractivity contribution >= 4 is 5.84 Å². The predicted octanol–water partition coefficient (Wildman–Crippen LogP) is 1.90. The van der Waals surface area contributed by atoms with Crippen molar-refractivity contribution in [1.82, 2.24) is 4.90 Å². The Kier molecular flexibility index (Phi) is 6.15. The van der Waals surface area contributed by atoms with Crippen molar-refractivity contribution in [2.45, 2.75) is 20.4 Å². The van der Waals surface area contributed by atoms with Gasteiger partial charge in [0.25, 0.3) is 0 Å². The molecule has 0 fully saturated rings. The van der Waals surface area contributed by atoms with Gasteiger partial charge in [-0.15, -0.1) is 0 Å². The molecule has 5 nitrogen and oxygen atoms in total. The van der Waals surface area contributed by atoms with Crippen molar-refractivity contribution in [1.29, 1.82) is 0 Å². The molecule has 1 atom stereocenters. The first kappa shape index (κ1) is 15.3. The van der Waals surface area contributed by atoms with Crippen LogP contribution in [0.4, 0.5) is 0 Å². The Balaban J connectivity index is 2.60. The lowest BCUT2D eigenvalue weighted by Gasteiger charge is -2.23. The van der Waals surface area contributed by atoms with Crippen LogP contribution in [0.25, 0.3) is 0 Å². The molecule has 5 heteroatoms. The fourth-order valence-corrected chi connectivity index (χ4v) is 1.87. The van der Waals surface area contributed by atoms with Gasteiger partial charge in [0, 0.05) is 19.0 Å². The maximum Gasteiger partial charge on any atom is 0.143 e. The summed E-state index contributed by atoms with van der Waals surface area (Å²) in [6.45, 7) is 6.56. The summed E-state index contributed by atoms with van der Waals surface area (Å²) in [5, 5.41) is 11.7. The molecule has 0 saturated carbocycles. The van der Waals surface area contributed by atoms with Gasteiger partial charge in [-0.3, -0.25) is 4.90 Å². The molecule has 0 spiro atoms. The van der Waals surface area contributed by atoms with Crippen LogP contribution in [0.1, 0.15) is 19.4 Å². The predicted molar refractivity (Wildman–Crippen MR) is 76.5 cm³/mol. The smallest absolute Gasteiger partial charge is 0.143 e. The van der Waals surface area contributed by atoms with Crippen molar-refractivity contribution in [3.8, 4) is 5.75 Å². The minimum absolute atomic E-state index is 0.0307. The molecule has 1 aromatic carbocycles. The lowest BCUT2D eigenvalue weighted by molar-refractivity contribution is 0.257. The molecule has 0 aliphatic rings. The van der Waals surface area contributed by atoms with E-state index in [2.05, 4.69) is 29.1 Å². The minimum Gasteiger partial charge on any atom is -0.497 e. The standard InChI is InChI=1S/C14H23N3O2/c1-4-17(9-11(2)14(15)16-18)10-12-5-7-13(19-3)8-6-12/h5-8,11,18H,4,9-10H2,1-3H3,(H2,15,16). The molecule has 0 radical (unpaired) electrons. The van der Waals surface area contributed by atoms with E-state index in [1.165, 1.54) is 5.56 Å². The number of benzene rings is 1. The van der Waals surface area contributed by atoms with Crippen LogP contribution in [0.5, 0.6) is 5.75 Å². The quantitative estimate of drug-likeness (QED) is 0.342. The first-order valence-corrected chi connectivity index (χ1v) is 6.43. The van der Waals surface area contributed by atoms with Crippen molar-refractivity contribution in [3.05, 3.63) is 29.8 Å². The number of hydrogen-bond acceptors (Lipinski definition) is 4. The van der Waals surface area contributed by atoms with Gasteiger partial charge in [-0.1, -0.05) is 31.1 Å². The van der Waals surface area contributed by atoms with E-state index < -0.39 is 0 Å². The molecular formula is C14H23N3O2. The lowest BCUT2D eigenvalue weighted by Crippen LogP contribution is -2.34. The Bertz CT molecular complexity index is 404. The van der Waals surface area contributed by atoms with E-state index in [1.807, 2.05) is 19.1 Å². The van der Waals surface area contributed by atoms with E-state index in [-0.39, 0.29) is 11.8 Å². The van der Waals surface area contributed by atoms with Gasteiger partial charge in [0.2, 0.25) is 0 Å². The maximum atomic E-state index is 8.67. The Labute approximate surface area is 114 Å². The molecule has 1 rings (SSSR count). The van der Waals surface area contributed by atoms with E-state index in [9.17, 15) is 0 Å². The van der Waals surface area contributed by atoms with Crippen LogP contribution in [0.2, 0.25) is 0 Å². The highest BCUT2D eigenvalue weighted by Gasteiger charge is 2.13. The maximum absolute atomic E-state index is 8.67. The fourth-order valence-electron chi connectivity index (χ4n) is 1.87. The first-order chi connectivity index (χ1) is 9.10. The second-order valence-electron chi connectivity index (χ2n) is 4.60. The number of methoxy groups -OCH3 is 1. The summed E-state index contributed by atoms with van der Waals surface area (Å²) in [6, 6.07) is 8.01. The van der Waals surface area contributed by atoms with E-state index in [0.717, 1.165) is 25.4 Å². The zero-order valence-corrected chi connectivity index (χ0v) is 11.8. The summed E-state index contributed by atoms with van der Waals surface area (Å²) in [6.07, 6.45) is 0. The second-order valence-corrected chi connectivity index (χ2v) is 4.60. The molecule has 0 heterocycles. The zero-order chi connectivity index (χ0) is 14.3. The molecule has 0 bridgehead atoms. The molecule has 3 N–H and O–H groups in total. The van der Waals surface area contributed by atoms with E-state index in [1.54, 1.807) is 7.11 Å². The van der Waals surface area contributed by atoms with Crippen molar-refractivity contribution in [2.75, 3.05) is 20.2 Å². The number of amidine groups is 1. The second kappa shape index (κ2) is 7.63. The van der Waals surface area contributed by atoms with E-state index in [4.69, 9.17) is 15.7 Å². The zero-order valence-electron chi connectivity index (χ0n) is 11.8. The third-order valence-corrected chi connectivity index (χ3v) is 3.16. The highest BCUT2D eigenvalue weighted by Crippen LogP contribution is 2.13. The summed E-state index contributed by atoms with van der Waals surface area (Å²) in [5.41, 5.74) is 6.82. The number of rotatable bonds is 7. The normalized spacial score (nSPS) is 13.6. The van der Waals surface area contributed by atoms with E-state index in [0.29, 0.717) is 0 Å². The Morgan fingerprint density at radius 3 is 2.53 bits per heavy atom. The molecular weight excluding hydrogens is 242 g/mol. The van der Waals surface area contributed by atoms with Gasteiger partial charge < -0.3 is 15.7 Å². The van der Waals surface area contributed by atoms with Crippen LogP contribution in [0.3, 0.4) is 0 Å². The molecule has 0 saturated heterocycles. The van der Waals surface area contributed by atoms with Gasteiger partial charge >= 0.3 is 0 Å². The highest BCUT2D eigenvalue weighted by atomic mass is 16.5. The van der Waals surface area contributed by atoms with E-state index >= 15 is 0 Å². The number of oxime groups is 1. The average Bonchev–Trinajstić information content (AvgIpc) is 2.46. The molecule has 0 aliphatic carbocycles. The van der Waals surface area contributed by atoms with Crippen LogP contribution in [0.15, 0.2) is 29.4 Å². The van der Waals surface area contributed by atoms with Gasteiger partial charge in [-0.05, 0) is 24.2 Å². The van der Waals surface area contributed by atoms with Crippen LogP contribution in [-0.2, 0) is 6.54 Å². The molecule has 0 aromatic heterocycles. The SMILES string of the molecule is CCN(Cc1ccc(OC)cc1)CC(C)C(N)=NO. The minimum atomic E-state index is 0.0307. The summed E-state index contributed by atoms with van der Waals surface area (Å²) in [4.78, 5) is 2.25. The number of ether oxygens (including phenoxy) is 1. The van der Waals surface area contributed by atoms with Gasteiger partial charge in [0.05, 0.1) is 7.11 Å². The first-order valence-electron chi connectivity index (χ1n) is 6.43. The number of nitrogens with zero attached hydrogens (tertiary/aromatic N) is 2. The Morgan fingerprint density at radius 2 is 2.05 bits per heavy atom. The van der Waals surface area contributed by atoms with Gasteiger partial charge in [-0.25, -0.2) is 0 Å². The summed E-state index contributed by atoms with van der Waals surface area (Å²) < 4.78 is 5.14. The summed E-state index contributed by atoms with van der Waals surface area (Å²) in [7, 11) is 1.66. The number of hydrogen-bond donors (Lipinski definition) is 2. The Morgan fingerprint density at radius 1 is 1.42 bits per heavy atom. The molecule has 0 aliphatic heterocycles. The molecule has 106 valence electrons. The fraction of sp³-hybridized carbons (Fsp3) is 0.500. The van der Waals surface area contributed by atoms with Crippen LogP contribution < -0.4 is 10.5 Å². The highest BCUT2D eigenvalue weighted by molar-refractivity contribution is 5.82. The average molecular weight is 265 g/mol. The van der Waals surface area contributed by atoms with Crippen LogP contribution in [-0.4, -0.2) is 36.1 Å². The largest absolute Gasteiger partial charge is 0.497 e. The molecule has 0 amide bonds. The third-order valence-electron chi connectivity index (χ3n) is 3.16. The number of nitrogens with two attached hydrogens (primary N) is 1. The summed E-state index contributed by atoms with van der Waals surface area (Å²) >= 11 is 0. The van der Waals surface area contributed by atoms with Crippen molar-refractivity contribution in [2.24, 2.45) is 16.8 Å². The van der Waals surface area contributed by atoms with Crippen molar-refractivity contribution in [3.63, 3.8) is 0 Å². The lowest BCUT2D eigenvalue weighted by atomic mass is 10.1. The molecule has 19 heavy (non-hydrogen) atoms. The van der Waals surface area contributed by atoms with Gasteiger partial charge in [-0.2, -0.15) is 0 Å². The van der Waals surface area contributed by atoms with Gasteiger partial charge in [0.15, 0.2) is 0 Å². The van der Waals surface area contributed by atoms with Crippen molar-refractivity contribution < 1.29 is 9.94 Å². The monoisotopic (exact) mass is 265 g/mol. The van der Waals surface area contributed by atoms with Crippen LogP contribution in [0, 0.1) is 5.92 Å². The molecule has 1 unspecified atom stereocenters. The third kappa shape index (κ3) is 4.79. The topological polar surface area (TPSA) is 71.1 Å². The van der Waals surface area contributed by atoms with Gasteiger partial charge in [0.1, 0.15) is 11.6 Å². The molecule has 1 aromatic rings. The van der Waals surface area contributed by atoms with Crippen LogP contribution >= 0.6 is 0 Å². The summed E-state index contributed by atoms with van der Waals surface area (Å²) in [5.74, 6) is 1.16.